The van der Waals surface area contributed by atoms with Gasteiger partial charge in [-0.15, -0.1) is 0 Å². The van der Waals surface area contributed by atoms with Crippen molar-refractivity contribution in [1.29, 1.82) is 0 Å². The van der Waals surface area contributed by atoms with E-state index >= 15 is 0 Å². The average molecular weight is 377 g/mol. The van der Waals surface area contributed by atoms with Crippen molar-refractivity contribution < 1.29 is 9.53 Å². The van der Waals surface area contributed by atoms with Crippen LogP contribution in [-0.2, 0) is 22.4 Å². The molecule has 0 saturated carbocycles. The Labute approximate surface area is 166 Å². The minimum Gasteiger partial charge on any atom is -0.381 e. The van der Waals surface area contributed by atoms with Crippen LogP contribution in [0.1, 0.15) is 24.1 Å². The molecule has 0 spiro atoms. The fraction of sp³-hybridized carbons (Fsp3) is 0.304. The Hall–Kier alpha value is -2.92. The Balaban J connectivity index is 1.24. The van der Waals surface area contributed by atoms with E-state index in [1.165, 1.54) is 5.56 Å². The molecule has 1 N–H and O–H groups in total. The molecule has 2 aromatic carbocycles. The maximum absolute atomic E-state index is 11.9. The first-order chi connectivity index (χ1) is 13.8. The number of carbonyl (C=O) groups excluding carboxylic acids is 1. The zero-order chi connectivity index (χ0) is 19.4. The van der Waals surface area contributed by atoms with Gasteiger partial charge in [0.05, 0.1) is 18.0 Å². The van der Waals surface area contributed by atoms with Gasteiger partial charge < -0.3 is 10.1 Å². The molecule has 5 heteroatoms. The van der Waals surface area contributed by atoms with E-state index in [4.69, 9.17) is 4.74 Å². The molecule has 3 rings (SSSR count). The van der Waals surface area contributed by atoms with Crippen molar-refractivity contribution in [3.63, 3.8) is 0 Å². The number of hydrogen-bond donors (Lipinski definition) is 1. The fourth-order valence-corrected chi connectivity index (χ4v) is 2.91. The molecule has 1 heterocycles. The molecular weight excluding hydrogens is 350 g/mol. The summed E-state index contributed by atoms with van der Waals surface area (Å²) in [4.78, 5) is 11.9. The van der Waals surface area contributed by atoms with Crippen LogP contribution in [0.15, 0.2) is 72.9 Å². The number of amides is 1. The van der Waals surface area contributed by atoms with Crippen LogP contribution in [-0.4, -0.2) is 35.4 Å². The minimum absolute atomic E-state index is 0.0640. The molecular formula is C23H27N3O2. The van der Waals surface area contributed by atoms with Crippen LogP contribution in [0.3, 0.4) is 0 Å². The summed E-state index contributed by atoms with van der Waals surface area (Å²) in [6, 6.07) is 22.2. The molecule has 0 saturated heterocycles. The molecule has 5 nitrogen and oxygen atoms in total. The predicted molar refractivity (Wildman–Crippen MR) is 110 cm³/mol. The van der Waals surface area contributed by atoms with E-state index in [0.717, 1.165) is 30.6 Å². The summed E-state index contributed by atoms with van der Waals surface area (Å²) in [5, 5.41) is 7.50. The molecule has 0 radical (unpaired) electrons. The average Bonchev–Trinajstić information content (AvgIpc) is 3.21. The number of nitrogens with zero attached hydrogens (tertiary/aromatic N) is 2. The SMILES string of the molecule is O=C(CCCOCCc1ccccc1)NCCc1ccn(-c2ccccc2)n1. The highest BCUT2D eigenvalue weighted by Gasteiger charge is 2.04. The van der Waals surface area contributed by atoms with Crippen molar-refractivity contribution in [2.24, 2.45) is 0 Å². The van der Waals surface area contributed by atoms with Crippen molar-refractivity contribution in [2.45, 2.75) is 25.7 Å². The first kappa shape index (κ1) is 19.8. The van der Waals surface area contributed by atoms with Gasteiger partial charge in [0, 0.05) is 32.2 Å². The molecule has 0 atom stereocenters. The molecule has 146 valence electrons. The summed E-state index contributed by atoms with van der Waals surface area (Å²) in [5.74, 6) is 0.0640. The molecule has 0 fully saturated rings. The van der Waals surface area contributed by atoms with Crippen molar-refractivity contribution in [1.82, 2.24) is 15.1 Å². The van der Waals surface area contributed by atoms with Crippen molar-refractivity contribution in [3.05, 3.63) is 84.2 Å². The highest BCUT2D eigenvalue weighted by molar-refractivity contribution is 5.75. The third-order valence-electron chi connectivity index (χ3n) is 4.44. The zero-order valence-corrected chi connectivity index (χ0v) is 16.1. The molecule has 0 aliphatic carbocycles. The van der Waals surface area contributed by atoms with Crippen LogP contribution in [0, 0.1) is 0 Å². The highest BCUT2D eigenvalue weighted by atomic mass is 16.5. The topological polar surface area (TPSA) is 56.1 Å². The predicted octanol–water partition coefficient (Wildman–Crippen LogP) is 3.57. The van der Waals surface area contributed by atoms with Crippen LogP contribution in [0.5, 0.6) is 0 Å². The van der Waals surface area contributed by atoms with E-state index in [9.17, 15) is 4.79 Å². The largest absolute Gasteiger partial charge is 0.381 e. The highest BCUT2D eigenvalue weighted by Crippen LogP contribution is 2.07. The molecule has 28 heavy (non-hydrogen) atoms. The van der Waals surface area contributed by atoms with E-state index in [1.807, 2.05) is 65.5 Å². The lowest BCUT2D eigenvalue weighted by molar-refractivity contribution is -0.121. The Kier molecular flexibility index (Phi) is 7.82. The second kappa shape index (κ2) is 11.0. The van der Waals surface area contributed by atoms with Gasteiger partial charge in [0.1, 0.15) is 0 Å². The number of ether oxygens (including phenoxy) is 1. The normalized spacial score (nSPS) is 10.7. The van der Waals surface area contributed by atoms with Gasteiger partial charge in [-0.05, 0) is 36.6 Å². The maximum Gasteiger partial charge on any atom is 0.220 e. The van der Waals surface area contributed by atoms with Gasteiger partial charge in [0.15, 0.2) is 0 Å². The maximum atomic E-state index is 11.9. The van der Waals surface area contributed by atoms with E-state index in [1.54, 1.807) is 0 Å². The molecule has 0 aliphatic rings. The number of carbonyl (C=O) groups is 1. The van der Waals surface area contributed by atoms with Gasteiger partial charge in [0.2, 0.25) is 5.91 Å². The van der Waals surface area contributed by atoms with E-state index in [2.05, 4.69) is 22.5 Å². The number of benzene rings is 2. The van der Waals surface area contributed by atoms with E-state index < -0.39 is 0 Å². The van der Waals surface area contributed by atoms with E-state index in [-0.39, 0.29) is 5.91 Å². The third kappa shape index (κ3) is 6.67. The lowest BCUT2D eigenvalue weighted by Gasteiger charge is -2.06. The number of nitrogens with one attached hydrogen (secondary N) is 1. The lowest BCUT2D eigenvalue weighted by atomic mass is 10.2. The smallest absolute Gasteiger partial charge is 0.220 e. The number of para-hydroxylation sites is 1. The molecule has 0 aliphatic heterocycles. The summed E-state index contributed by atoms with van der Waals surface area (Å²) >= 11 is 0. The number of aromatic nitrogens is 2. The monoisotopic (exact) mass is 377 g/mol. The molecule has 0 unspecified atom stereocenters. The third-order valence-corrected chi connectivity index (χ3v) is 4.44. The molecule has 1 amide bonds. The van der Waals surface area contributed by atoms with Gasteiger partial charge in [-0.25, -0.2) is 4.68 Å². The summed E-state index contributed by atoms with van der Waals surface area (Å²) in [5.41, 5.74) is 3.27. The van der Waals surface area contributed by atoms with Crippen LogP contribution < -0.4 is 5.32 Å². The Morgan fingerprint density at radius 1 is 0.929 bits per heavy atom. The van der Waals surface area contributed by atoms with Crippen LogP contribution in [0.2, 0.25) is 0 Å². The zero-order valence-electron chi connectivity index (χ0n) is 16.1. The second-order valence-electron chi connectivity index (χ2n) is 6.64. The Bertz CT molecular complexity index is 831. The number of hydrogen-bond acceptors (Lipinski definition) is 3. The summed E-state index contributed by atoms with van der Waals surface area (Å²) < 4.78 is 7.46. The quantitative estimate of drug-likeness (QED) is 0.520. The minimum atomic E-state index is 0.0640. The standard InChI is InChI=1S/C23H27N3O2/c27-23(12-7-18-28-19-15-20-8-3-1-4-9-20)24-16-13-21-14-17-26(25-21)22-10-5-2-6-11-22/h1-6,8-11,14,17H,7,12-13,15-16,18-19H2,(H,24,27). The van der Waals surface area contributed by atoms with Crippen LogP contribution >= 0.6 is 0 Å². The first-order valence-corrected chi connectivity index (χ1v) is 9.79. The summed E-state index contributed by atoms with van der Waals surface area (Å²) in [6.07, 6.45) is 4.80. The Morgan fingerprint density at radius 2 is 1.68 bits per heavy atom. The Morgan fingerprint density at radius 3 is 2.46 bits per heavy atom. The van der Waals surface area contributed by atoms with Crippen molar-refractivity contribution >= 4 is 5.91 Å². The first-order valence-electron chi connectivity index (χ1n) is 9.79. The fourth-order valence-electron chi connectivity index (χ4n) is 2.91. The van der Waals surface area contributed by atoms with E-state index in [0.29, 0.717) is 26.2 Å². The van der Waals surface area contributed by atoms with Crippen molar-refractivity contribution in [3.8, 4) is 5.69 Å². The van der Waals surface area contributed by atoms with Crippen LogP contribution in [0.25, 0.3) is 5.69 Å². The van der Waals surface area contributed by atoms with Gasteiger partial charge in [-0.1, -0.05) is 48.5 Å². The van der Waals surface area contributed by atoms with Crippen LogP contribution in [0.4, 0.5) is 0 Å². The lowest BCUT2D eigenvalue weighted by Crippen LogP contribution is -2.25. The van der Waals surface area contributed by atoms with Gasteiger partial charge >= 0.3 is 0 Å². The summed E-state index contributed by atoms with van der Waals surface area (Å²) in [6.45, 7) is 1.90. The van der Waals surface area contributed by atoms with Gasteiger partial charge in [-0.3, -0.25) is 4.79 Å². The second-order valence-corrected chi connectivity index (χ2v) is 6.64. The molecule has 1 aromatic heterocycles. The molecule has 0 bridgehead atoms. The summed E-state index contributed by atoms with van der Waals surface area (Å²) in [7, 11) is 0. The van der Waals surface area contributed by atoms with Gasteiger partial charge in [0.25, 0.3) is 0 Å². The number of rotatable bonds is 11. The van der Waals surface area contributed by atoms with Gasteiger partial charge in [-0.2, -0.15) is 5.10 Å². The van der Waals surface area contributed by atoms with Crippen molar-refractivity contribution in [2.75, 3.05) is 19.8 Å². The molecule has 3 aromatic rings.